The van der Waals surface area contributed by atoms with Crippen molar-refractivity contribution in [3.8, 4) is 5.75 Å². The third kappa shape index (κ3) is 4.38. The van der Waals surface area contributed by atoms with Crippen LogP contribution >= 0.6 is 11.6 Å². The number of aliphatic hydroxyl groups excluding tert-OH is 1. The molecule has 2 aromatic rings. The highest BCUT2D eigenvalue weighted by molar-refractivity contribution is 6.33. The van der Waals surface area contributed by atoms with E-state index in [0.29, 0.717) is 5.02 Å². The smallest absolute Gasteiger partial charge is 0.115 e. The van der Waals surface area contributed by atoms with Gasteiger partial charge in [0, 0.05) is 0 Å². The van der Waals surface area contributed by atoms with Crippen LogP contribution < -0.4 is 5.32 Å². The van der Waals surface area contributed by atoms with Gasteiger partial charge in [-0.1, -0.05) is 35.9 Å². The fraction of sp³-hybridized carbons (Fsp3) is 0.294. The number of aryl methyl sites for hydroxylation is 1. The second-order valence-electron chi connectivity index (χ2n) is 5.49. The van der Waals surface area contributed by atoms with Crippen LogP contribution in [0.1, 0.15) is 18.9 Å². The van der Waals surface area contributed by atoms with Crippen molar-refractivity contribution in [2.45, 2.75) is 25.3 Å². The second kappa shape index (κ2) is 6.83. The van der Waals surface area contributed by atoms with Crippen LogP contribution in [0.3, 0.4) is 0 Å². The van der Waals surface area contributed by atoms with Crippen LogP contribution in [0.15, 0.2) is 48.5 Å². The van der Waals surface area contributed by atoms with Gasteiger partial charge in [-0.15, -0.1) is 0 Å². The third-order valence-corrected chi connectivity index (χ3v) is 3.89. The summed E-state index contributed by atoms with van der Waals surface area (Å²) in [7, 11) is 0. The molecule has 1 unspecified atom stereocenters. The number of aliphatic hydroxyl groups is 1. The molecule has 21 heavy (non-hydrogen) atoms. The number of nitrogens with one attached hydrogen (secondary N) is 1. The van der Waals surface area contributed by atoms with E-state index in [-0.39, 0.29) is 12.4 Å². The monoisotopic (exact) mass is 305 g/mol. The molecule has 2 rings (SSSR count). The van der Waals surface area contributed by atoms with Crippen molar-refractivity contribution in [1.82, 2.24) is 0 Å². The van der Waals surface area contributed by atoms with E-state index in [4.69, 9.17) is 11.6 Å². The first kappa shape index (κ1) is 15.7. The van der Waals surface area contributed by atoms with Gasteiger partial charge in [0.15, 0.2) is 0 Å². The van der Waals surface area contributed by atoms with Crippen LogP contribution in [0.5, 0.6) is 5.75 Å². The minimum Gasteiger partial charge on any atom is -0.508 e. The molecule has 3 nitrogen and oxygen atoms in total. The van der Waals surface area contributed by atoms with Gasteiger partial charge in [-0.25, -0.2) is 0 Å². The molecule has 0 radical (unpaired) electrons. The summed E-state index contributed by atoms with van der Waals surface area (Å²) in [5.41, 5.74) is 1.48. The van der Waals surface area contributed by atoms with Gasteiger partial charge >= 0.3 is 0 Å². The van der Waals surface area contributed by atoms with Crippen molar-refractivity contribution >= 4 is 17.3 Å². The fourth-order valence-electron chi connectivity index (χ4n) is 2.15. The predicted molar refractivity (Wildman–Crippen MR) is 87.0 cm³/mol. The summed E-state index contributed by atoms with van der Waals surface area (Å²) in [6.45, 7) is 1.98. The van der Waals surface area contributed by atoms with Crippen molar-refractivity contribution in [2.75, 3.05) is 11.9 Å². The lowest BCUT2D eigenvalue weighted by Crippen LogP contribution is -2.39. The third-order valence-electron chi connectivity index (χ3n) is 3.56. The van der Waals surface area contributed by atoms with E-state index in [9.17, 15) is 10.2 Å². The first-order valence-electron chi connectivity index (χ1n) is 6.94. The highest BCUT2D eigenvalue weighted by atomic mass is 35.5. The lowest BCUT2D eigenvalue weighted by atomic mass is 9.93. The topological polar surface area (TPSA) is 52.5 Å². The number of para-hydroxylation sites is 1. The average Bonchev–Trinajstić information content (AvgIpc) is 2.49. The van der Waals surface area contributed by atoms with E-state index >= 15 is 0 Å². The van der Waals surface area contributed by atoms with E-state index in [0.717, 1.165) is 24.1 Å². The van der Waals surface area contributed by atoms with Crippen LogP contribution in [0.4, 0.5) is 5.69 Å². The van der Waals surface area contributed by atoms with Gasteiger partial charge in [0.2, 0.25) is 0 Å². The lowest BCUT2D eigenvalue weighted by molar-refractivity contribution is 0.215. The Kier molecular flexibility index (Phi) is 5.10. The maximum atomic E-state index is 9.71. The Bertz CT molecular complexity index is 586. The van der Waals surface area contributed by atoms with Gasteiger partial charge in [0.05, 0.1) is 22.9 Å². The van der Waals surface area contributed by atoms with Crippen molar-refractivity contribution < 1.29 is 10.2 Å². The number of halogens is 1. The van der Waals surface area contributed by atoms with Gasteiger partial charge in [-0.2, -0.15) is 0 Å². The predicted octanol–water partition coefficient (Wildman–Crippen LogP) is 3.84. The summed E-state index contributed by atoms with van der Waals surface area (Å²) in [4.78, 5) is 0. The Morgan fingerprint density at radius 2 is 1.76 bits per heavy atom. The number of anilines is 1. The average molecular weight is 306 g/mol. The van der Waals surface area contributed by atoms with Crippen LogP contribution in [-0.4, -0.2) is 22.4 Å². The molecule has 0 amide bonds. The Hall–Kier alpha value is -1.71. The molecule has 2 aromatic carbocycles. The molecule has 3 N–H and O–H groups in total. The number of hydrogen-bond acceptors (Lipinski definition) is 3. The molecule has 0 aliphatic heterocycles. The molecular weight excluding hydrogens is 286 g/mol. The Morgan fingerprint density at radius 1 is 1.10 bits per heavy atom. The largest absolute Gasteiger partial charge is 0.508 e. The molecule has 0 bridgehead atoms. The number of hydrogen-bond donors (Lipinski definition) is 3. The van der Waals surface area contributed by atoms with Crippen molar-refractivity contribution in [1.29, 1.82) is 0 Å². The van der Waals surface area contributed by atoms with Crippen molar-refractivity contribution in [3.63, 3.8) is 0 Å². The minimum absolute atomic E-state index is 0.0102. The molecule has 0 fully saturated rings. The highest BCUT2D eigenvalue weighted by Crippen LogP contribution is 2.26. The normalized spacial score (nSPS) is 13.7. The van der Waals surface area contributed by atoms with E-state index in [1.54, 1.807) is 12.1 Å². The molecule has 4 heteroatoms. The van der Waals surface area contributed by atoms with Gasteiger partial charge in [0.25, 0.3) is 0 Å². The molecule has 0 aliphatic rings. The van der Waals surface area contributed by atoms with Gasteiger partial charge in [0.1, 0.15) is 5.75 Å². The van der Waals surface area contributed by atoms with Gasteiger partial charge in [-0.05, 0) is 49.6 Å². The Morgan fingerprint density at radius 3 is 2.38 bits per heavy atom. The van der Waals surface area contributed by atoms with Crippen molar-refractivity contribution in [3.05, 3.63) is 59.1 Å². The number of rotatable bonds is 6. The Labute approximate surface area is 130 Å². The van der Waals surface area contributed by atoms with E-state index < -0.39 is 5.54 Å². The van der Waals surface area contributed by atoms with Gasteiger partial charge < -0.3 is 15.5 Å². The molecule has 0 spiro atoms. The highest BCUT2D eigenvalue weighted by Gasteiger charge is 2.23. The van der Waals surface area contributed by atoms with E-state index in [1.807, 2.05) is 43.3 Å². The standard InChI is InChI=1S/C17H20ClNO2/c1-17(12-20,19-16-5-3-2-4-15(16)18)11-10-13-6-8-14(21)9-7-13/h2-9,19-21H,10-12H2,1H3. The van der Waals surface area contributed by atoms with Crippen molar-refractivity contribution in [2.24, 2.45) is 0 Å². The Balaban J connectivity index is 2.03. The SMILES string of the molecule is CC(CO)(CCc1ccc(O)cc1)Nc1ccccc1Cl. The fourth-order valence-corrected chi connectivity index (χ4v) is 2.33. The zero-order valence-electron chi connectivity index (χ0n) is 12.0. The summed E-state index contributed by atoms with van der Waals surface area (Å²) in [5, 5.41) is 23.0. The zero-order chi connectivity index (χ0) is 15.3. The number of benzene rings is 2. The molecule has 0 heterocycles. The van der Waals surface area contributed by atoms with Crippen LogP contribution in [0, 0.1) is 0 Å². The van der Waals surface area contributed by atoms with E-state index in [2.05, 4.69) is 5.32 Å². The van der Waals surface area contributed by atoms with Gasteiger partial charge in [-0.3, -0.25) is 0 Å². The molecule has 0 saturated carbocycles. The first-order valence-corrected chi connectivity index (χ1v) is 7.32. The summed E-state index contributed by atoms with van der Waals surface area (Å²) in [6, 6.07) is 14.6. The quantitative estimate of drug-likeness (QED) is 0.760. The maximum absolute atomic E-state index is 9.71. The molecule has 0 aliphatic carbocycles. The molecular formula is C17H20ClNO2. The summed E-state index contributed by atoms with van der Waals surface area (Å²) >= 11 is 6.15. The lowest BCUT2D eigenvalue weighted by Gasteiger charge is -2.30. The molecule has 0 saturated heterocycles. The molecule has 1 atom stereocenters. The molecule has 0 aromatic heterocycles. The number of phenolic OH excluding ortho intramolecular Hbond substituents is 1. The number of aromatic hydroxyl groups is 1. The van der Waals surface area contributed by atoms with Crippen LogP contribution in [-0.2, 0) is 6.42 Å². The summed E-state index contributed by atoms with van der Waals surface area (Å²) < 4.78 is 0. The van der Waals surface area contributed by atoms with Crippen LogP contribution in [0.25, 0.3) is 0 Å². The van der Waals surface area contributed by atoms with Crippen LogP contribution in [0.2, 0.25) is 5.02 Å². The maximum Gasteiger partial charge on any atom is 0.115 e. The minimum atomic E-state index is -0.455. The number of phenols is 1. The second-order valence-corrected chi connectivity index (χ2v) is 5.90. The summed E-state index contributed by atoms with van der Waals surface area (Å²) in [5.74, 6) is 0.262. The van der Waals surface area contributed by atoms with E-state index in [1.165, 1.54) is 0 Å². The first-order chi connectivity index (χ1) is 10.0. The summed E-state index contributed by atoms with van der Waals surface area (Å²) in [6.07, 6.45) is 1.55. The zero-order valence-corrected chi connectivity index (χ0v) is 12.8. The molecule has 112 valence electrons.